The minimum atomic E-state index is -1.00. The zero-order valence-corrected chi connectivity index (χ0v) is 11.4. The second kappa shape index (κ2) is 5.89. The van der Waals surface area contributed by atoms with E-state index in [0.717, 1.165) is 11.1 Å². The van der Waals surface area contributed by atoms with E-state index >= 15 is 0 Å². The SMILES string of the molecule is C/C(=C\[C@@H](C)NC(=O)O)c1ccc(I)cc1. The molecule has 3 nitrogen and oxygen atoms in total. The molecule has 86 valence electrons. The lowest BCUT2D eigenvalue weighted by molar-refractivity contribution is 0.193. The lowest BCUT2D eigenvalue weighted by Gasteiger charge is -2.08. The van der Waals surface area contributed by atoms with Gasteiger partial charge in [-0.15, -0.1) is 0 Å². The van der Waals surface area contributed by atoms with Gasteiger partial charge in [-0.3, -0.25) is 0 Å². The Morgan fingerprint density at radius 1 is 1.44 bits per heavy atom. The number of benzene rings is 1. The maximum atomic E-state index is 10.4. The largest absolute Gasteiger partial charge is 0.465 e. The average molecular weight is 331 g/mol. The summed E-state index contributed by atoms with van der Waals surface area (Å²) < 4.78 is 1.19. The highest BCUT2D eigenvalue weighted by atomic mass is 127. The predicted molar refractivity (Wildman–Crippen MR) is 73.4 cm³/mol. The Hall–Kier alpha value is -1.04. The van der Waals surface area contributed by atoms with E-state index in [2.05, 4.69) is 27.9 Å². The number of carboxylic acid groups (broad SMARTS) is 1. The van der Waals surface area contributed by atoms with Crippen LogP contribution in [0.5, 0.6) is 0 Å². The fourth-order valence-corrected chi connectivity index (χ4v) is 1.78. The molecule has 1 atom stereocenters. The zero-order valence-electron chi connectivity index (χ0n) is 9.20. The monoisotopic (exact) mass is 331 g/mol. The molecule has 16 heavy (non-hydrogen) atoms. The van der Waals surface area contributed by atoms with Crippen LogP contribution in [0.25, 0.3) is 5.57 Å². The van der Waals surface area contributed by atoms with E-state index in [1.165, 1.54) is 3.57 Å². The summed E-state index contributed by atoms with van der Waals surface area (Å²) in [5, 5.41) is 11.0. The molecule has 0 aliphatic rings. The van der Waals surface area contributed by atoms with Crippen molar-refractivity contribution in [3.63, 3.8) is 0 Å². The molecule has 0 spiro atoms. The van der Waals surface area contributed by atoms with Gasteiger partial charge in [0, 0.05) is 9.61 Å². The van der Waals surface area contributed by atoms with Gasteiger partial charge in [0.25, 0.3) is 0 Å². The topological polar surface area (TPSA) is 49.3 Å². The van der Waals surface area contributed by atoms with Crippen molar-refractivity contribution < 1.29 is 9.90 Å². The van der Waals surface area contributed by atoms with Crippen molar-refractivity contribution >= 4 is 34.3 Å². The number of hydrogen-bond acceptors (Lipinski definition) is 1. The molecular weight excluding hydrogens is 317 g/mol. The van der Waals surface area contributed by atoms with Crippen molar-refractivity contribution in [1.82, 2.24) is 5.32 Å². The molecule has 0 saturated carbocycles. The van der Waals surface area contributed by atoms with Crippen LogP contribution in [0.15, 0.2) is 30.3 Å². The van der Waals surface area contributed by atoms with E-state index in [9.17, 15) is 4.79 Å². The maximum absolute atomic E-state index is 10.4. The van der Waals surface area contributed by atoms with E-state index in [-0.39, 0.29) is 6.04 Å². The Balaban J connectivity index is 2.76. The molecule has 1 aromatic rings. The first-order valence-electron chi connectivity index (χ1n) is 4.93. The summed E-state index contributed by atoms with van der Waals surface area (Å²) in [6.07, 6.45) is 0.898. The molecule has 2 N–H and O–H groups in total. The van der Waals surface area contributed by atoms with E-state index in [4.69, 9.17) is 5.11 Å². The van der Waals surface area contributed by atoms with Gasteiger partial charge in [0.1, 0.15) is 0 Å². The quantitative estimate of drug-likeness (QED) is 0.835. The third-order valence-corrected chi connectivity index (χ3v) is 2.87. The van der Waals surface area contributed by atoms with Crippen LogP contribution in [0.4, 0.5) is 4.79 Å². The smallest absolute Gasteiger partial charge is 0.405 e. The minimum absolute atomic E-state index is 0.184. The number of hydrogen-bond donors (Lipinski definition) is 2. The van der Waals surface area contributed by atoms with Crippen molar-refractivity contribution in [2.75, 3.05) is 0 Å². The van der Waals surface area contributed by atoms with Gasteiger partial charge in [0.15, 0.2) is 0 Å². The van der Waals surface area contributed by atoms with Gasteiger partial charge in [0.05, 0.1) is 0 Å². The van der Waals surface area contributed by atoms with Gasteiger partial charge >= 0.3 is 6.09 Å². The molecule has 4 heteroatoms. The third-order valence-electron chi connectivity index (χ3n) is 2.15. The van der Waals surface area contributed by atoms with Crippen LogP contribution in [0, 0.1) is 3.57 Å². The summed E-state index contributed by atoms with van der Waals surface area (Å²) in [6.45, 7) is 3.78. The first kappa shape index (κ1) is 13.0. The summed E-state index contributed by atoms with van der Waals surface area (Å²) in [5.74, 6) is 0. The van der Waals surface area contributed by atoms with Gasteiger partial charge in [-0.1, -0.05) is 18.2 Å². The fraction of sp³-hybridized carbons (Fsp3) is 0.250. The molecule has 0 aromatic heterocycles. The number of carbonyl (C=O) groups is 1. The number of nitrogens with one attached hydrogen (secondary N) is 1. The van der Waals surface area contributed by atoms with Crippen molar-refractivity contribution in [3.8, 4) is 0 Å². The van der Waals surface area contributed by atoms with Gasteiger partial charge in [-0.25, -0.2) is 4.79 Å². The zero-order chi connectivity index (χ0) is 12.1. The minimum Gasteiger partial charge on any atom is -0.465 e. The summed E-state index contributed by atoms with van der Waals surface area (Å²) in [7, 11) is 0. The first-order chi connectivity index (χ1) is 7.49. The van der Waals surface area contributed by atoms with Crippen molar-refractivity contribution in [2.24, 2.45) is 0 Å². The molecule has 0 heterocycles. The van der Waals surface area contributed by atoms with E-state index in [0.29, 0.717) is 0 Å². The third kappa shape index (κ3) is 4.22. The molecule has 0 unspecified atom stereocenters. The molecule has 1 aromatic carbocycles. The predicted octanol–water partition coefficient (Wildman–Crippen LogP) is 3.35. The highest BCUT2D eigenvalue weighted by molar-refractivity contribution is 14.1. The molecular formula is C12H14INO2. The number of rotatable bonds is 3. The molecule has 1 amide bonds. The Morgan fingerprint density at radius 2 is 2.00 bits per heavy atom. The van der Waals surface area contributed by atoms with E-state index in [1.807, 2.05) is 44.2 Å². The number of amides is 1. The molecule has 0 saturated heterocycles. The van der Waals surface area contributed by atoms with Crippen LogP contribution in [-0.4, -0.2) is 17.2 Å². The van der Waals surface area contributed by atoms with E-state index < -0.39 is 6.09 Å². The highest BCUT2D eigenvalue weighted by Gasteiger charge is 2.03. The lowest BCUT2D eigenvalue weighted by atomic mass is 10.1. The molecule has 0 aliphatic carbocycles. The summed E-state index contributed by atoms with van der Waals surface area (Å²) in [6, 6.07) is 7.93. The van der Waals surface area contributed by atoms with Gasteiger partial charge in [0.2, 0.25) is 0 Å². The average Bonchev–Trinajstić information content (AvgIpc) is 2.16. The van der Waals surface area contributed by atoms with Gasteiger partial charge in [-0.05, 0) is 59.7 Å². The Kier molecular flexibility index (Phi) is 4.79. The standard InChI is InChI=1S/C12H14INO2/c1-8(7-9(2)14-12(15)16)10-3-5-11(13)6-4-10/h3-7,9,14H,1-2H3,(H,15,16)/b8-7+/t9-/m1/s1. The van der Waals surface area contributed by atoms with Crippen LogP contribution >= 0.6 is 22.6 Å². The lowest BCUT2D eigenvalue weighted by Crippen LogP contribution is -2.29. The van der Waals surface area contributed by atoms with Crippen LogP contribution < -0.4 is 5.32 Å². The van der Waals surface area contributed by atoms with Crippen molar-refractivity contribution in [2.45, 2.75) is 19.9 Å². The maximum Gasteiger partial charge on any atom is 0.405 e. The molecule has 0 aliphatic heterocycles. The van der Waals surface area contributed by atoms with Crippen LogP contribution in [-0.2, 0) is 0 Å². The Morgan fingerprint density at radius 3 is 2.50 bits per heavy atom. The summed E-state index contributed by atoms with van der Waals surface area (Å²) in [5.41, 5.74) is 2.18. The Bertz CT molecular complexity index is 398. The molecule has 0 radical (unpaired) electrons. The molecule has 0 fully saturated rings. The number of allylic oxidation sites excluding steroid dienone is 1. The molecule has 1 rings (SSSR count). The second-order valence-electron chi connectivity index (χ2n) is 3.59. The van der Waals surface area contributed by atoms with E-state index in [1.54, 1.807) is 0 Å². The first-order valence-corrected chi connectivity index (χ1v) is 6.00. The normalized spacial score (nSPS) is 13.3. The summed E-state index contributed by atoms with van der Waals surface area (Å²) >= 11 is 2.25. The van der Waals surface area contributed by atoms with Crippen molar-refractivity contribution in [3.05, 3.63) is 39.5 Å². The second-order valence-corrected chi connectivity index (χ2v) is 4.84. The Labute approximate surface area is 109 Å². The molecule has 0 bridgehead atoms. The van der Waals surface area contributed by atoms with Gasteiger partial charge in [-0.2, -0.15) is 0 Å². The number of halogens is 1. The summed E-state index contributed by atoms with van der Waals surface area (Å²) in [4.78, 5) is 10.4. The van der Waals surface area contributed by atoms with Crippen LogP contribution in [0.3, 0.4) is 0 Å². The van der Waals surface area contributed by atoms with Crippen LogP contribution in [0.2, 0.25) is 0 Å². The van der Waals surface area contributed by atoms with Gasteiger partial charge < -0.3 is 10.4 Å². The van der Waals surface area contributed by atoms with Crippen molar-refractivity contribution in [1.29, 1.82) is 0 Å². The highest BCUT2D eigenvalue weighted by Crippen LogP contribution is 2.16. The van der Waals surface area contributed by atoms with Crippen LogP contribution in [0.1, 0.15) is 19.4 Å². The fourth-order valence-electron chi connectivity index (χ4n) is 1.42.